The van der Waals surface area contributed by atoms with Crippen molar-refractivity contribution in [2.45, 2.75) is 32.6 Å². The van der Waals surface area contributed by atoms with Crippen LogP contribution in [0.3, 0.4) is 0 Å². The normalized spacial score (nSPS) is 27.4. The van der Waals surface area contributed by atoms with Crippen LogP contribution in [0, 0.1) is 11.8 Å². The van der Waals surface area contributed by atoms with Crippen molar-refractivity contribution in [2.75, 3.05) is 39.3 Å². The van der Waals surface area contributed by atoms with Gasteiger partial charge < -0.3 is 15.5 Å². The van der Waals surface area contributed by atoms with E-state index in [9.17, 15) is 4.79 Å². The summed E-state index contributed by atoms with van der Waals surface area (Å²) < 4.78 is 0. The second kappa shape index (κ2) is 6.53. The number of carbonyl (C=O) groups excluding carboxylic acids is 1. The minimum atomic E-state index is 0.221. The first-order valence-electron chi connectivity index (χ1n) is 7.42. The first-order chi connectivity index (χ1) is 8.70. The van der Waals surface area contributed by atoms with Gasteiger partial charge in [0.25, 0.3) is 0 Å². The van der Waals surface area contributed by atoms with Gasteiger partial charge in [0.05, 0.1) is 5.92 Å². The lowest BCUT2D eigenvalue weighted by Gasteiger charge is -2.37. The molecule has 18 heavy (non-hydrogen) atoms. The van der Waals surface area contributed by atoms with E-state index in [0.29, 0.717) is 12.5 Å². The van der Waals surface area contributed by atoms with E-state index in [-0.39, 0.29) is 5.92 Å². The van der Waals surface area contributed by atoms with Crippen LogP contribution in [0.4, 0.5) is 0 Å². The zero-order valence-electron chi connectivity index (χ0n) is 11.6. The van der Waals surface area contributed by atoms with E-state index in [2.05, 4.69) is 16.7 Å². The van der Waals surface area contributed by atoms with Crippen LogP contribution < -0.4 is 5.73 Å². The summed E-state index contributed by atoms with van der Waals surface area (Å²) in [6, 6.07) is 0. The topological polar surface area (TPSA) is 49.6 Å². The molecule has 0 aromatic heterocycles. The van der Waals surface area contributed by atoms with Crippen LogP contribution in [-0.2, 0) is 4.79 Å². The Morgan fingerprint density at radius 3 is 2.61 bits per heavy atom. The molecule has 1 amide bonds. The summed E-state index contributed by atoms with van der Waals surface area (Å²) in [6.45, 7) is 7.87. The molecular formula is C14H27N3O. The van der Waals surface area contributed by atoms with Crippen molar-refractivity contribution in [1.82, 2.24) is 9.80 Å². The van der Waals surface area contributed by atoms with E-state index in [1.54, 1.807) is 0 Å². The molecule has 2 rings (SSSR count). The fourth-order valence-corrected chi connectivity index (χ4v) is 3.13. The van der Waals surface area contributed by atoms with Crippen LogP contribution in [0.25, 0.3) is 0 Å². The van der Waals surface area contributed by atoms with Gasteiger partial charge in [0.1, 0.15) is 0 Å². The summed E-state index contributed by atoms with van der Waals surface area (Å²) in [5.74, 6) is 1.40. The van der Waals surface area contributed by atoms with E-state index in [4.69, 9.17) is 5.73 Å². The molecule has 2 aliphatic rings. The molecule has 2 aliphatic heterocycles. The van der Waals surface area contributed by atoms with Crippen molar-refractivity contribution in [3.05, 3.63) is 0 Å². The predicted molar refractivity (Wildman–Crippen MR) is 73.2 cm³/mol. The van der Waals surface area contributed by atoms with Crippen LogP contribution in [0.1, 0.15) is 32.6 Å². The summed E-state index contributed by atoms with van der Waals surface area (Å²) >= 11 is 0. The lowest BCUT2D eigenvalue weighted by molar-refractivity contribution is -0.138. The molecule has 2 heterocycles. The molecule has 1 atom stereocenters. The number of nitrogens with two attached hydrogens (primary N) is 1. The Morgan fingerprint density at radius 1 is 1.22 bits per heavy atom. The van der Waals surface area contributed by atoms with Crippen molar-refractivity contribution < 1.29 is 4.79 Å². The predicted octanol–water partition coefficient (Wildman–Crippen LogP) is 0.916. The highest BCUT2D eigenvalue weighted by Crippen LogP contribution is 2.22. The van der Waals surface area contributed by atoms with Crippen LogP contribution >= 0.6 is 0 Å². The van der Waals surface area contributed by atoms with Gasteiger partial charge in [0.2, 0.25) is 5.91 Å². The second-order valence-electron chi connectivity index (χ2n) is 5.94. The van der Waals surface area contributed by atoms with Crippen LogP contribution in [0.2, 0.25) is 0 Å². The molecule has 104 valence electrons. The van der Waals surface area contributed by atoms with Gasteiger partial charge in [-0.2, -0.15) is 0 Å². The van der Waals surface area contributed by atoms with Crippen LogP contribution in [0.5, 0.6) is 0 Å². The average molecular weight is 253 g/mol. The molecule has 4 heteroatoms. The van der Waals surface area contributed by atoms with Gasteiger partial charge in [-0.15, -0.1) is 0 Å². The van der Waals surface area contributed by atoms with Crippen molar-refractivity contribution in [2.24, 2.45) is 17.6 Å². The van der Waals surface area contributed by atoms with Crippen molar-refractivity contribution in [3.63, 3.8) is 0 Å². The summed E-state index contributed by atoms with van der Waals surface area (Å²) in [5, 5.41) is 0. The molecule has 0 aromatic rings. The zero-order valence-corrected chi connectivity index (χ0v) is 11.6. The Bertz CT molecular complexity index is 272. The SMILES string of the molecule is CC1CCN(C(=O)C2CCCN(CCN)C2)CC1. The lowest BCUT2D eigenvalue weighted by Crippen LogP contribution is -2.47. The Hall–Kier alpha value is -0.610. The largest absolute Gasteiger partial charge is 0.342 e. The molecule has 0 aromatic carbocycles. The molecule has 0 aliphatic carbocycles. The average Bonchev–Trinajstić information content (AvgIpc) is 2.39. The second-order valence-corrected chi connectivity index (χ2v) is 5.94. The van der Waals surface area contributed by atoms with E-state index < -0.39 is 0 Å². The van der Waals surface area contributed by atoms with E-state index in [0.717, 1.165) is 51.5 Å². The third-order valence-electron chi connectivity index (χ3n) is 4.40. The smallest absolute Gasteiger partial charge is 0.226 e. The minimum Gasteiger partial charge on any atom is -0.342 e. The maximum Gasteiger partial charge on any atom is 0.226 e. The number of amides is 1. The fraction of sp³-hybridized carbons (Fsp3) is 0.929. The molecule has 2 N–H and O–H groups in total. The number of hydrogen-bond acceptors (Lipinski definition) is 3. The number of carbonyl (C=O) groups is 1. The standard InChI is InChI=1S/C14H27N3O/c1-12-4-8-17(9-5-12)14(18)13-3-2-7-16(11-13)10-6-15/h12-13H,2-11,15H2,1H3. The Kier molecular flexibility index (Phi) is 5.01. The number of likely N-dealkylation sites (tertiary alicyclic amines) is 2. The van der Waals surface area contributed by atoms with E-state index in [1.807, 2.05) is 0 Å². The quantitative estimate of drug-likeness (QED) is 0.813. The van der Waals surface area contributed by atoms with E-state index >= 15 is 0 Å². The van der Waals surface area contributed by atoms with Crippen molar-refractivity contribution >= 4 is 5.91 Å². The third kappa shape index (κ3) is 3.45. The first kappa shape index (κ1) is 13.8. The number of rotatable bonds is 3. The summed E-state index contributed by atoms with van der Waals surface area (Å²) in [7, 11) is 0. The highest BCUT2D eigenvalue weighted by atomic mass is 16.2. The van der Waals surface area contributed by atoms with Gasteiger partial charge in [-0.1, -0.05) is 6.92 Å². The number of nitrogens with zero attached hydrogens (tertiary/aromatic N) is 2. The van der Waals surface area contributed by atoms with Gasteiger partial charge in [0.15, 0.2) is 0 Å². The van der Waals surface area contributed by atoms with Crippen LogP contribution in [-0.4, -0.2) is 55.0 Å². The Labute approximate surface area is 110 Å². The Morgan fingerprint density at radius 2 is 1.94 bits per heavy atom. The molecular weight excluding hydrogens is 226 g/mol. The monoisotopic (exact) mass is 253 g/mol. The van der Waals surface area contributed by atoms with Crippen molar-refractivity contribution in [3.8, 4) is 0 Å². The van der Waals surface area contributed by atoms with Crippen LogP contribution in [0.15, 0.2) is 0 Å². The minimum absolute atomic E-state index is 0.221. The molecule has 1 unspecified atom stereocenters. The van der Waals surface area contributed by atoms with Gasteiger partial charge in [0, 0.05) is 32.7 Å². The highest BCUT2D eigenvalue weighted by molar-refractivity contribution is 5.79. The molecule has 0 bridgehead atoms. The fourth-order valence-electron chi connectivity index (χ4n) is 3.13. The summed E-state index contributed by atoms with van der Waals surface area (Å²) in [6.07, 6.45) is 4.54. The maximum atomic E-state index is 12.5. The zero-order chi connectivity index (χ0) is 13.0. The van der Waals surface area contributed by atoms with Crippen molar-refractivity contribution in [1.29, 1.82) is 0 Å². The molecule has 0 spiro atoms. The van der Waals surface area contributed by atoms with E-state index in [1.165, 1.54) is 12.8 Å². The maximum absolute atomic E-state index is 12.5. The molecule has 4 nitrogen and oxygen atoms in total. The van der Waals surface area contributed by atoms with Gasteiger partial charge in [-0.3, -0.25) is 4.79 Å². The Balaban J connectivity index is 1.84. The molecule has 0 saturated carbocycles. The number of hydrogen-bond donors (Lipinski definition) is 1. The van der Waals surface area contributed by atoms with Gasteiger partial charge in [-0.05, 0) is 38.1 Å². The van der Waals surface area contributed by atoms with Gasteiger partial charge in [-0.25, -0.2) is 0 Å². The first-order valence-corrected chi connectivity index (χ1v) is 7.42. The highest BCUT2D eigenvalue weighted by Gasteiger charge is 2.30. The molecule has 2 saturated heterocycles. The lowest BCUT2D eigenvalue weighted by atomic mass is 9.93. The number of piperidine rings is 2. The summed E-state index contributed by atoms with van der Waals surface area (Å²) in [5.41, 5.74) is 5.60. The summed E-state index contributed by atoms with van der Waals surface area (Å²) in [4.78, 5) is 16.9. The third-order valence-corrected chi connectivity index (χ3v) is 4.40. The van der Waals surface area contributed by atoms with Gasteiger partial charge >= 0.3 is 0 Å². The molecule has 2 fully saturated rings. The molecule has 0 radical (unpaired) electrons.